The number of aromatic amines is 1. The lowest BCUT2D eigenvalue weighted by Gasteiger charge is -2.21. The molecule has 1 fully saturated rings. The minimum absolute atomic E-state index is 0.00908. The van der Waals surface area contributed by atoms with E-state index in [9.17, 15) is 4.79 Å². The van der Waals surface area contributed by atoms with Crippen molar-refractivity contribution in [1.82, 2.24) is 25.1 Å². The van der Waals surface area contributed by atoms with Gasteiger partial charge in [-0.15, -0.1) is 0 Å². The van der Waals surface area contributed by atoms with Gasteiger partial charge >= 0.3 is 0 Å². The monoisotopic (exact) mass is 387 g/mol. The number of hydrogen-bond acceptors (Lipinski definition) is 5. The Balaban J connectivity index is 1.37. The van der Waals surface area contributed by atoms with Crippen LogP contribution in [0.2, 0.25) is 0 Å². The van der Waals surface area contributed by atoms with Gasteiger partial charge in [0.05, 0.1) is 31.0 Å². The molecule has 0 amide bonds. The van der Waals surface area contributed by atoms with Gasteiger partial charge in [0.15, 0.2) is 0 Å². The highest BCUT2D eigenvalue weighted by atomic mass is 16.5. The SMILES string of the molecule is O=c1ccc(-c2ccncc2)nn1C1COCC1NCc1ccc2[nH]ccc2c1. The molecule has 7 heteroatoms. The standard InChI is InChI=1S/C22H21N5O2/c28-22-4-3-19(16-5-8-23-9-6-16)26-27(22)21-14-29-13-20(21)25-12-15-1-2-18-17(11-15)7-10-24-18/h1-11,20-21,24-25H,12-14H2. The van der Waals surface area contributed by atoms with Crippen LogP contribution in [0.4, 0.5) is 0 Å². The normalized spacial score (nSPS) is 19.0. The number of benzene rings is 1. The second-order valence-corrected chi connectivity index (χ2v) is 7.23. The molecule has 0 radical (unpaired) electrons. The summed E-state index contributed by atoms with van der Waals surface area (Å²) in [7, 11) is 0. The van der Waals surface area contributed by atoms with Gasteiger partial charge in [0.25, 0.3) is 5.56 Å². The van der Waals surface area contributed by atoms with Crippen LogP contribution in [-0.2, 0) is 11.3 Å². The van der Waals surface area contributed by atoms with Gasteiger partial charge in [0, 0.05) is 42.3 Å². The largest absolute Gasteiger partial charge is 0.377 e. The summed E-state index contributed by atoms with van der Waals surface area (Å²) < 4.78 is 7.25. The number of fused-ring (bicyclic) bond motifs is 1. The van der Waals surface area contributed by atoms with E-state index in [0.717, 1.165) is 16.8 Å². The fourth-order valence-corrected chi connectivity index (χ4v) is 3.78. The zero-order valence-corrected chi connectivity index (χ0v) is 15.8. The van der Waals surface area contributed by atoms with Crippen molar-refractivity contribution in [2.45, 2.75) is 18.6 Å². The van der Waals surface area contributed by atoms with Gasteiger partial charge in [-0.1, -0.05) is 6.07 Å². The van der Waals surface area contributed by atoms with Crippen molar-refractivity contribution in [2.24, 2.45) is 0 Å². The molecule has 5 rings (SSSR count). The van der Waals surface area contributed by atoms with E-state index in [1.54, 1.807) is 29.2 Å². The molecule has 1 aliphatic heterocycles. The van der Waals surface area contributed by atoms with E-state index >= 15 is 0 Å². The maximum atomic E-state index is 12.5. The Bertz CT molecular complexity index is 1180. The predicted octanol–water partition coefficient (Wildman–Crippen LogP) is 2.52. The Hall–Kier alpha value is -3.29. The first-order valence-electron chi connectivity index (χ1n) is 9.65. The van der Waals surface area contributed by atoms with Gasteiger partial charge in [-0.25, -0.2) is 4.68 Å². The van der Waals surface area contributed by atoms with Gasteiger partial charge < -0.3 is 15.0 Å². The molecule has 146 valence electrons. The molecular weight excluding hydrogens is 366 g/mol. The van der Waals surface area contributed by atoms with Crippen molar-refractivity contribution < 1.29 is 4.74 Å². The molecule has 1 aromatic carbocycles. The number of rotatable bonds is 5. The molecule has 2 N–H and O–H groups in total. The third-order valence-electron chi connectivity index (χ3n) is 5.35. The highest BCUT2D eigenvalue weighted by Crippen LogP contribution is 2.21. The molecule has 0 aliphatic carbocycles. The van der Waals surface area contributed by atoms with Crippen molar-refractivity contribution in [2.75, 3.05) is 13.2 Å². The molecular formula is C22H21N5O2. The first-order valence-corrected chi connectivity index (χ1v) is 9.65. The first-order chi connectivity index (χ1) is 14.3. The minimum atomic E-state index is -0.153. The summed E-state index contributed by atoms with van der Waals surface area (Å²) in [5.41, 5.74) is 3.86. The van der Waals surface area contributed by atoms with Crippen molar-refractivity contribution in [1.29, 1.82) is 0 Å². The summed E-state index contributed by atoms with van der Waals surface area (Å²) in [6, 6.07) is 15.4. The van der Waals surface area contributed by atoms with Crippen LogP contribution >= 0.6 is 0 Å². The zero-order chi connectivity index (χ0) is 19.6. The third-order valence-corrected chi connectivity index (χ3v) is 5.35. The van der Waals surface area contributed by atoms with E-state index in [2.05, 4.69) is 44.6 Å². The summed E-state index contributed by atoms with van der Waals surface area (Å²) in [6.45, 7) is 1.70. The number of hydrogen-bond donors (Lipinski definition) is 2. The highest BCUT2D eigenvalue weighted by molar-refractivity contribution is 5.79. The Kier molecular flexibility index (Phi) is 4.67. The molecule has 1 saturated heterocycles. The number of pyridine rings is 1. The van der Waals surface area contributed by atoms with Crippen molar-refractivity contribution in [3.8, 4) is 11.3 Å². The Morgan fingerprint density at radius 3 is 2.90 bits per heavy atom. The summed E-state index contributed by atoms with van der Waals surface area (Å²) in [5.74, 6) is 0. The smallest absolute Gasteiger partial charge is 0.267 e. The molecule has 29 heavy (non-hydrogen) atoms. The molecule has 4 aromatic rings. The van der Waals surface area contributed by atoms with E-state index < -0.39 is 0 Å². The Morgan fingerprint density at radius 2 is 2.00 bits per heavy atom. The topological polar surface area (TPSA) is 84.8 Å². The summed E-state index contributed by atoms with van der Waals surface area (Å²) in [6.07, 6.45) is 5.38. The molecule has 3 aromatic heterocycles. The second kappa shape index (κ2) is 7.62. The lowest BCUT2D eigenvalue weighted by Crippen LogP contribution is -2.41. The molecule has 1 aliphatic rings. The molecule has 0 saturated carbocycles. The Morgan fingerprint density at radius 1 is 1.10 bits per heavy atom. The molecule has 0 bridgehead atoms. The maximum Gasteiger partial charge on any atom is 0.267 e. The van der Waals surface area contributed by atoms with Gasteiger partial charge in [-0.05, 0) is 47.3 Å². The number of H-pyrrole nitrogens is 1. The highest BCUT2D eigenvalue weighted by Gasteiger charge is 2.31. The van der Waals surface area contributed by atoms with Crippen molar-refractivity contribution in [3.63, 3.8) is 0 Å². The van der Waals surface area contributed by atoms with E-state index in [-0.39, 0.29) is 17.6 Å². The van der Waals surface area contributed by atoms with Crippen molar-refractivity contribution >= 4 is 10.9 Å². The average Bonchev–Trinajstić information content (AvgIpc) is 3.42. The summed E-state index contributed by atoms with van der Waals surface area (Å²) in [5, 5.41) is 9.35. The molecule has 7 nitrogen and oxygen atoms in total. The van der Waals surface area contributed by atoms with Gasteiger partial charge in [-0.2, -0.15) is 5.10 Å². The van der Waals surface area contributed by atoms with E-state index in [4.69, 9.17) is 4.74 Å². The molecule has 0 spiro atoms. The number of aromatic nitrogens is 4. The first kappa shape index (κ1) is 17.8. The van der Waals surface area contributed by atoms with Crippen LogP contribution in [-0.4, -0.2) is 39.0 Å². The van der Waals surface area contributed by atoms with Gasteiger partial charge in [-0.3, -0.25) is 9.78 Å². The van der Waals surface area contributed by atoms with Crippen LogP contribution in [0.5, 0.6) is 0 Å². The predicted molar refractivity (Wildman–Crippen MR) is 111 cm³/mol. The maximum absolute atomic E-state index is 12.5. The summed E-state index contributed by atoms with van der Waals surface area (Å²) >= 11 is 0. The molecule has 2 unspecified atom stereocenters. The third kappa shape index (κ3) is 3.57. The van der Waals surface area contributed by atoms with Gasteiger partial charge in [0.1, 0.15) is 0 Å². The zero-order valence-electron chi connectivity index (χ0n) is 15.8. The number of ether oxygens (including phenoxy) is 1. The summed E-state index contributed by atoms with van der Waals surface area (Å²) in [4.78, 5) is 19.8. The van der Waals surface area contributed by atoms with Crippen molar-refractivity contribution in [3.05, 3.63) is 83.0 Å². The van der Waals surface area contributed by atoms with E-state index in [1.165, 1.54) is 10.9 Å². The number of nitrogens with one attached hydrogen (secondary N) is 2. The second-order valence-electron chi connectivity index (χ2n) is 7.23. The fourth-order valence-electron chi connectivity index (χ4n) is 3.78. The van der Waals surface area contributed by atoms with Crippen LogP contribution in [0.25, 0.3) is 22.2 Å². The lowest BCUT2D eigenvalue weighted by molar-refractivity contribution is 0.181. The fraction of sp³-hybridized carbons (Fsp3) is 0.227. The van der Waals surface area contributed by atoms with E-state index in [1.807, 2.05) is 18.3 Å². The van der Waals surface area contributed by atoms with Crippen LogP contribution in [0.1, 0.15) is 11.6 Å². The average molecular weight is 387 g/mol. The molecule has 2 atom stereocenters. The minimum Gasteiger partial charge on any atom is -0.377 e. The van der Waals surface area contributed by atoms with Crippen LogP contribution in [0.15, 0.2) is 71.9 Å². The lowest BCUT2D eigenvalue weighted by atomic mass is 10.1. The number of nitrogens with zero attached hydrogens (tertiary/aromatic N) is 3. The van der Waals surface area contributed by atoms with Crippen LogP contribution in [0, 0.1) is 0 Å². The van der Waals surface area contributed by atoms with Gasteiger partial charge in [0.2, 0.25) is 0 Å². The quantitative estimate of drug-likeness (QED) is 0.550. The molecule has 4 heterocycles. The van der Waals surface area contributed by atoms with Crippen LogP contribution in [0.3, 0.4) is 0 Å². The Labute approximate surface area is 167 Å². The van der Waals surface area contributed by atoms with E-state index in [0.29, 0.717) is 19.8 Å². The van der Waals surface area contributed by atoms with Crippen LogP contribution < -0.4 is 10.9 Å².